The van der Waals surface area contributed by atoms with Crippen LogP contribution in [0.3, 0.4) is 0 Å². The lowest BCUT2D eigenvalue weighted by Gasteiger charge is -2.18. The lowest BCUT2D eigenvalue weighted by Crippen LogP contribution is -2.48. The highest BCUT2D eigenvalue weighted by Gasteiger charge is 2.34. The molecule has 9 nitrogen and oxygen atoms in total. The van der Waals surface area contributed by atoms with E-state index in [1.54, 1.807) is 10.6 Å². The van der Waals surface area contributed by atoms with Crippen molar-refractivity contribution in [1.29, 1.82) is 0 Å². The van der Waals surface area contributed by atoms with E-state index in [-0.39, 0.29) is 11.6 Å². The van der Waals surface area contributed by atoms with Gasteiger partial charge in [0.15, 0.2) is 0 Å². The molecule has 0 unspecified atom stereocenters. The van der Waals surface area contributed by atoms with Gasteiger partial charge in [-0.1, -0.05) is 18.2 Å². The molecule has 1 aromatic heterocycles. The molecule has 4 rings (SSSR count). The lowest BCUT2D eigenvalue weighted by atomic mass is 10.1. The van der Waals surface area contributed by atoms with Crippen LogP contribution in [0.4, 0.5) is 11.6 Å². The van der Waals surface area contributed by atoms with E-state index in [2.05, 4.69) is 15.3 Å². The number of para-hydroxylation sites is 3. The molecule has 0 saturated carbocycles. The smallest absolute Gasteiger partial charge is 0.365 e. The van der Waals surface area contributed by atoms with E-state index in [9.17, 15) is 15.2 Å². The van der Waals surface area contributed by atoms with E-state index < -0.39 is 16.8 Å². The zero-order chi connectivity index (χ0) is 16.8. The van der Waals surface area contributed by atoms with Crippen LogP contribution in [0.5, 0.6) is 5.75 Å². The van der Waals surface area contributed by atoms with Crippen molar-refractivity contribution in [1.82, 2.24) is 4.98 Å². The number of aromatic hydroxyl groups is 1. The van der Waals surface area contributed by atoms with Crippen LogP contribution in [0.2, 0.25) is 0 Å². The molecule has 3 aromatic rings. The highest BCUT2D eigenvalue weighted by molar-refractivity contribution is 5.92. The van der Waals surface area contributed by atoms with E-state index in [0.717, 1.165) is 11.0 Å². The summed E-state index contributed by atoms with van der Waals surface area (Å²) < 4.78 is 1.80. The normalized spacial score (nSPS) is 16.3. The number of aromatic nitrogens is 2. The van der Waals surface area contributed by atoms with Gasteiger partial charge in [-0.2, -0.15) is 4.99 Å². The monoisotopic (exact) mass is 325 g/mol. The van der Waals surface area contributed by atoms with E-state index in [0.29, 0.717) is 11.5 Å². The molecule has 2 heterocycles. The number of imidazole rings is 1. The summed E-state index contributed by atoms with van der Waals surface area (Å²) in [7, 11) is 0. The maximum absolute atomic E-state index is 11.1. The Bertz CT molecular complexity index is 1010. The predicted molar refractivity (Wildman–Crippen MR) is 86.6 cm³/mol. The quantitative estimate of drug-likeness (QED) is 0.321. The van der Waals surface area contributed by atoms with Gasteiger partial charge in [0.1, 0.15) is 11.0 Å². The molecule has 1 atom stereocenters. The average Bonchev–Trinajstić information content (AvgIpc) is 2.92. The van der Waals surface area contributed by atoms with Gasteiger partial charge in [-0.25, -0.2) is 14.9 Å². The summed E-state index contributed by atoms with van der Waals surface area (Å²) in [6, 6.07) is 11.9. The van der Waals surface area contributed by atoms with Gasteiger partial charge in [0.05, 0.1) is 10.5 Å². The predicted octanol–water partition coefficient (Wildman–Crippen LogP) is 1.36. The molecule has 1 aliphatic heterocycles. The number of nitro groups is 1. The zero-order valence-corrected chi connectivity index (χ0v) is 12.3. The molecular weight excluding hydrogens is 312 g/mol. The van der Waals surface area contributed by atoms with Crippen LogP contribution in [0, 0.1) is 10.1 Å². The Morgan fingerprint density at radius 2 is 2.04 bits per heavy atom. The maximum Gasteiger partial charge on any atom is 0.365 e. The summed E-state index contributed by atoms with van der Waals surface area (Å²) in [6.07, 6.45) is -0.725. The van der Waals surface area contributed by atoms with Gasteiger partial charge in [0, 0.05) is 6.07 Å². The van der Waals surface area contributed by atoms with Gasteiger partial charge in [-0.15, -0.1) is 0 Å². The summed E-state index contributed by atoms with van der Waals surface area (Å²) in [5.41, 5.74) is 7.43. The number of phenolic OH excluding ortho intramolecular Hbond substituents is 1. The molecule has 0 bridgehead atoms. The van der Waals surface area contributed by atoms with Gasteiger partial charge < -0.3 is 10.8 Å². The molecule has 120 valence electrons. The number of nitrogens with two attached hydrogens (primary N) is 1. The average molecular weight is 325 g/mol. The van der Waals surface area contributed by atoms with Crippen LogP contribution in [0.25, 0.3) is 11.0 Å². The number of H-pyrrole nitrogens is 1. The first-order chi connectivity index (χ1) is 11.6. The molecule has 0 spiro atoms. The third-order valence-corrected chi connectivity index (χ3v) is 3.93. The van der Waals surface area contributed by atoms with Crippen molar-refractivity contribution in [2.24, 2.45) is 10.7 Å². The Morgan fingerprint density at radius 1 is 1.25 bits per heavy atom. The molecule has 0 aliphatic carbocycles. The fraction of sp³-hybridized carbons (Fsp3) is 0.0667. The Kier molecular flexibility index (Phi) is 2.89. The van der Waals surface area contributed by atoms with Crippen molar-refractivity contribution in [2.45, 2.75) is 6.17 Å². The second-order valence-electron chi connectivity index (χ2n) is 5.35. The van der Waals surface area contributed by atoms with E-state index in [4.69, 9.17) is 5.73 Å². The van der Waals surface area contributed by atoms with Gasteiger partial charge in [0.25, 0.3) is 5.96 Å². The minimum Gasteiger partial charge on any atom is -0.502 e. The first-order valence-electron chi connectivity index (χ1n) is 7.15. The fourth-order valence-electron chi connectivity index (χ4n) is 2.90. The molecule has 0 amide bonds. The summed E-state index contributed by atoms with van der Waals surface area (Å²) in [6.45, 7) is 0. The summed E-state index contributed by atoms with van der Waals surface area (Å²) >= 11 is 0. The number of hydrogen-bond acceptors (Lipinski definition) is 6. The second kappa shape index (κ2) is 4.95. The number of nitrogens with zero attached hydrogens (tertiary/aromatic N) is 3. The highest BCUT2D eigenvalue weighted by Crippen LogP contribution is 2.35. The largest absolute Gasteiger partial charge is 0.502 e. The molecule has 0 saturated heterocycles. The number of aliphatic imine (C=N–C) groups is 1. The Balaban J connectivity index is 1.98. The minimum atomic E-state index is -0.725. The number of fused-ring (bicyclic) bond motifs is 3. The summed E-state index contributed by atoms with van der Waals surface area (Å²) in [5.74, 6) is 0.312. The molecule has 24 heavy (non-hydrogen) atoms. The van der Waals surface area contributed by atoms with Crippen molar-refractivity contribution >= 4 is 28.6 Å². The third kappa shape index (κ3) is 1.95. The Morgan fingerprint density at radius 3 is 2.83 bits per heavy atom. The van der Waals surface area contributed by atoms with Crippen LogP contribution < -0.4 is 15.6 Å². The molecule has 5 N–H and O–H groups in total. The van der Waals surface area contributed by atoms with Crippen LogP contribution in [-0.4, -0.2) is 21.0 Å². The summed E-state index contributed by atoms with van der Waals surface area (Å²) in [5, 5.41) is 24.4. The van der Waals surface area contributed by atoms with Gasteiger partial charge in [0.2, 0.25) is 11.9 Å². The molecular formula is C15H13N6O3+. The number of rotatable bonds is 2. The third-order valence-electron chi connectivity index (χ3n) is 3.93. The zero-order valence-electron chi connectivity index (χ0n) is 12.3. The van der Waals surface area contributed by atoms with Crippen molar-refractivity contribution in [3.63, 3.8) is 0 Å². The van der Waals surface area contributed by atoms with Crippen molar-refractivity contribution in [2.75, 3.05) is 5.32 Å². The van der Waals surface area contributed by atoms with Crippen molar-refractivity contribution in [3.8, 4) is 5.75 Å². The van der Waals surface area contributed by atoms with Crippen LogP contribution in [0.15, 0.2) is 47.5 Å². The first-order valence-corrected chi connectivity index (χ1v) is 7.15. The second-order valence-corrected chi connectivity index (χ2v) is 5.35. The molecule has 9 heteroatoms. The lowest BCUT2D eigenvalue weighted by molar-refractivity contribution is -0.674. The van der Waals surface area contributed by atoms with Gasteiger partial charge in [-0.3, -0.25) is 10.1 Å². The van der Waals surface area contributed by atoms with Crippen molar-refractivity contribution in [3.05, 3.63) is 58.1 Å². The highest BCUT2D eigenvalue weighted by atomic mass is 16.6. The minimum absolute atomic E-state index is 0.150. The van der Waals surface area contributed by atoms with Gasteiger partial charge >= 0.3 is 11.6 Å². The van der Waals surface area contributed by atoms with E-state index in [1.165, 1.54) is 12.1 Å². The van der Waals surface area contributed by atoms with Gasteiger partial charge in [-0.05, 0) is 18.2 Å². The number of aromatic amines is 1. The number of hydrogen-bond donors (Lipinski definition) is 4. The van der Waals surface area contributed by atoms with Crippen LogP contribution >= 0.6 is 0 Å². The number of phenols is 1. The molecule has 0 fully saturated rings. The molecule has 0 radical (unpaired) electrons. The van der Waals surface area contributed by atoms with E-state index >= 15 is 0 Å². The SMILES string of the molecule is NC1=N[C@@H](c2cccc([N+](=O)[O-])c2O)[n+]2c([nH]c3ccccc32)N1. The topological polar surface area (TPSA) is 133 Å². The first kappa shape index (κ1) is 14.0. The Hall–Kier alpha value is -3.62. The molecule has 2 aromatic carbocycles. The Labute approximate surface area is 135 Å². The molecule has 1 aliphatic rings. The summed E-state index contributed by atoms with van der Waals surface area (Å²) in [4.78, 5) is 18.0. The standard InChI is InChI=1S/C15H12N6O3/c16-14-18-13(8-4-3-7-11(12(8)22)21(23)24)20-10-6-2-1-5-9(10)17-15(20)19-14/h1-7,13H,(H4,16,17,18,19,22)/p+1/t13-/m1/s1. The fourth-order valence-corrected chi connectivity index (χ4v) is 2.90. The number of benzene rings is 2. The maximum atomic E-state index is 11.1. The number of nitrogens with one attached hydrogen (secondary N) is 2. The number of anilines is 1. The van der Waals surface area contributed by atoms with E-state index in [1.807, 2.05) is 24.3 Å². The number of nitro benzene ring substituents is 1. The number of guanidine groups is 1. The van der Waals surface area contributed by atoms with Crippen molar-refractivity contribution < 1.29 is 14.6 Å². The van der Waals surface area contributed by atoms with Crippen LogP contribution in [0.1, 0.15) is 11.7 Å². The van der Waals surface area contributed by atoms with Crippen LogP contribution in [-0.2, 0) is 0 Å².